The molecule has 3 aliphatic rings. The van der Waals surface area contributed by atoms with Crippen molar-refractivity contribution in [2.24, 2.45) is 5.92 Å². The standard InChI is InChI=1S/C26H22F3N3O7/c1-36-15-6-12-11(20(37-2)21(15)38-3)5-13(30-12)23(34)32-9-10-8-25(10)16(32)7-14(33)19-18(25)17(24(35)39-4)22(31-19)26(27,28)29/h5-7,10,30-31H,8-9H2,1-4H3. The smallest absolute Gasteiger partial charge is 0.432 e. The van der Waals surface area contributed by atoms with Gasteiger partial charge in [0.05, 0.1) is 45.2 Å². The fourth-order valence-corrected chi connectivity index (χ4v) is 6.11. The first-order chi connectivity index (χ1) is 18.5. The molecule has 2 aliphatic carbocycles. The van der Waals surface area contributed by atoms with E-state index in [0.717, 1.165) is 7.11 Å². The molecule has 0 radical (unpaired) electrons. The van der Waals surface area contributed by atoms with Gasteiger partial charge in [-0.25, -0.2) is 4.79 Å². The molecule has 1 saturated heterocycles. The number of hydrogen-bond donors (Lipinski definition) is 2. The van der Waals surface area contributed by atoms with E-state index in [0.29, 0.717) is 34.6 Å². The van der Waals surface area contributed by atoms with Gasteiger partial charge in [-0.1, -0.05) is 0 Å². The number of aromatic amines is 2. The van der Waals surface area contributed by atoms with Crippen LogP contribution in [0, 0.1) is 5.92 Å². The van der Waals surface area contributed by atoms with Crippen molar-refractivity contribution in [3.63, 3.8) is 0 Å². The lowest BCUT2D eigenvalue weighted by Crippen LogP contribution is -2.34. The van der Waals surface area contributed by atoms with Crippen LogP contribution in [-0.2, 0) is 16.3 Å². The van der Waals surface area contributed by atoms with E-state index in [9.17, 15) is 27.6 Å². The number of halogens is 3. The number of fused-ring (bicyclic) bond motifs is 2. The van der Waals surface area contributed by atoms with Gasteiger partial charge in [-0.3, -0.25) is 9.59 Å². The molecule has 6 rings (SSSR count). The number of aromatic nitrogens is 2. The maximum atomic E-state index is 13.9. The largest absolute Gasteiger partial charge is 0.493 e. The Bertz CT molecular complexity index is 1630. The summed E-state index contributed by atoms with van der Waals surface area (Å²) in [7, 11) is 5.34. The molecule has 2 aromatic heterocycles. The summed E-state index contributed by atoms with van der Waals surface area (Å²) in [5, 5.41) is 0.544. The molecule has 2 N–H and O–H groups in total. The Hall–Kier alpha value is -4.42. The topological polar surface area (TPSA) is 123 Å². The summed E-state index contributed by atoms with van der Waals surface area (Å²) in [5.74, 6) is -1.68. The number of alkyl halides is 3. The molecule has 1 saturated carbocycles. The molecule has 2 fully saturated rings. The van der Waals surface area contributed by atoms with Crippen LogP contribution in [0.25, 0.3) is 10.9 Å². The molecule has 0 bridgehead atoms. The Balaban J connectivity index is 1.45. The first-order valence-corrected chi connectivity index (χ1v) is 11.8. The first kappa shape index (κ1) is 24.9. The SMILES string of the molecule is COC(=O)c1c(C(F)(F)F)[nH]c2c1C13CC1CN(C(=O)c1cc4c(OC)c(OC)c(OC)cc4[nH]1)C3=CC2=O. The molecule has 1 aliphatic heterocycles. The maximum absolute atomic E-state index is 13.9. The Labute approximate surface area is 218 Å². The van der Waals surface area contributed by atoms with Gasteiger partial charge < -0.3 is 33.8 Å². The van der Waals surface area contributed by atoms with E-state index in [2.05, 4.69) is 14.7 Å². The van der Waals surface area contributed by atoms with Crippen molar-refractivity contribution < 1.29 is 46.5 Å². The molecule has 2 unspecified atom stereocenters. The third-order valence-corrected chi connectivity index (χ3v) is 7.79. The minimum atomic E-state index is -4.93. The van der Waals surface area contributed by atoms with Crippen molar-refractivity contribution in [1.82, 2.24) is 14.9 Å². The number of ketones is 1. The lowest BCUT2D eigenvalue weighted by Gasteiger charge is -2.28. The summed E-state index contributed by atoms with van der Waals surface area (Å²) in [6.07, 6.45) is -3.36. The van der Waals surface area contributed by atoms with Gasteiger partial charge in [0.2, 0.25) is 11.5 Å². The summed E-state index contributed by atoms with van der Waals surface area (Å²) in [6.45, 7) is 0.156. The van der Waals surface area contributed by atoms with Crippen molar-refractivity contribution in [2.75, 3.05) is 35.0 Å². The summed E-state index contributed by atoms with van der Waals surface area (Å²) in [6, 6.07) is 3.22. The molecule has 1 amide bonds. The quantitative estimate of drug-likeness (QED) is 0.468. The van der Waals surface area contributed by atoms with E-state index in [1.807, 2.05) is 0 Å². The predicted octanol–water partition coefficient (Wildman–Crippen LogP) is 3.82. The van der Waals surface area contributed by atoms with Gasteiger partial charge in [-0.15, -0.1) is 0 Å². The summed E-state index contributed by atoms with van der Waals surface area (Å²) < 4.78 is 62.6. The molecule has 39 heavy (non-hydrogen) atoms. The Kier molecular flexibility index (Phi) is 5.13. The molecule has 1 aromatic carbocycles. The molecular formula is C26H22F3N3O7. The summed E-state index contributed by atoms with van der Waals surface area (Å²) in [4.78, 5) is 45.9. The van der Waals surface area contributed by atoms with Gasteiger partial charge in [-0.05, 0) is 18.4 Å². The van der Waals surface area contributed by atoms with Crippen LogP contribution in [0.3, 0.4) is 0 Å². The number of amides is 1. The second kappa shape index (κ2) is 8.04. The van der Waals surface area contributed by atoms with Crippen molar-refractivity contribution in [2.45, 2.75) is 18.0 Å². The molecule has 3 heterocycles. The number of carbonyl (C=O) groups excluding carboxylic acids is 3. The fourth-order valence-electron chi connectivity index (χ4n) is 6.11. The van der Waals surface area contributed by atoms with Crippen molar-refractivity contribution in [3.8, 4) is 17.2 Å². The maximum Gasteiger partial charge on any atom is 0.432 e. The monoisotopic (exact) mass is 545 g/mol. The Morgan fingerprint density at radius 3 is 2.38 bits per heavy atom. The van der Waals surface area contributed by atoms with Crippen LogP contribution >= 0.6 is 0 Å². The van der Waals surface area contributed by atoms with E-state index >= 15 is 0 Å². The molecule has 10 nitrogen and oxygen atoms in total. The molecular weight excluding hydrogens is 523 g/mol. The average molecular weight is 545 g/mol. The van der Waals surface area contributed by atoms with E-state index in [4.69, 9.17) is 14.2 Å². The zero-order valence-corrected chi connectivity index (χ0v) is 21.2. The van der Waals surface area contributed by atoms with Crippen LogP contribution in [0.2, 0.25) is 0 Å². The van der Waals surface area contributed by atoms with E-state index in [1.54, 1.807) is 12.1 Å². The number of esters is 1. The van der Waals surface area contributed by atoms with Gasteiger partial charge in [-0.2, -0.15) is 13.2 Å². The number of carbonyl (C=O) groups is 3. The van der Waals surface area contributed by atoms with Crippen LogP contribution in [0.5, 0.6) is 17.2 Å². The highest BCUT2D eigenvalue weighted by Crippen LogP contribution is 2.68. The summed E-state index contributed by atoms with van der Waals surface area (Å²) >= 11 is 0. The van der Waals surface area contributed by atoms with Crippen LogP contribution < -0.4 is 14.2 Å². The van der Waals surface area contributed by atoms with E-state index < -0.39 is 40.5 Å². The van der Waals surface area contributed by atoms with Gasteiger partial charge in [0, 0.05) is 40.7 Å². The van der Waals surface area contributed by atoms with Crippen LogP contribution in [0.1, 0.15) is 49.0 Å². The number of likely N-dealkylation sites (tertiary alicyclic amines) is 1. The third-order valence-electron chi connectivity index (χ3n) is 7.79. The lowest BCUT2D eigenvalue weighted by atomic mass is 9.82. The highest BCUT2D eigenvalue weighted by Gasteiger charge is 2.69. The number of piperidine rings is 1. The summed E-state index contributed by atoms with van der Waals surface area (Å²) in [5.41, 5.74) is -2.56. The Morgan fingerprint density at radius 2 is 1.77 bits per heavy atom. The predicted molar refractivity (Wildman–Crippen MR) is 128 cm³/mol. The molecule has 13 heteroatoms. The highest BCUT2D eigenvalue weighted by atomic mass is 19.4. The average Bonchev–Trinajstić information content (AvgIpc) is 3.22. The van der Waals surface area contributed by atoms with Crippen LogP contribution in [-0.4, -0.2) is 67.5 Å². The zero-order valence-electron chi connectivity index (χ0n) is 21.2. The number of nitrogens with one attached hydrogen (secondary N) is 2. The number of allylic oxidation sites excluding steroid dienone is 2. The molecule has 2 atom stereocenters. The molecule has 3 aromatic rings. The normalized spacial score (nSPS) is 21.2. The highest BCUT2D eigenvalue weighted by molar-refractivity contribution is 6.12. The van der Waals surface area contributed by atoms with E-state index in [-0.39, 0.29) is 35.1 Å². The van der Waals surface area contributed by atoms with Crippen molar-refractivity contribution in [3.05, 3.63) is 52.1 Å². The van der Waals surface area contributed by atoms with Crippen LogP contribution in [0.15, 0.2) is 23.9 Å². The Morgan fingerprint density at radius 1 is 1.05 bits per heavy atom. The van der Waals surface area contributed by atoms with Gasteiger partial charge in [0.1, 0.15) is 11.4 Å². The van der Waals surface area contributed by atoms with Crippen molar-refractivity contribution in [1.29, 1.82) is 0 Å². The number of methoxy groups -OCH3 is 4. The lowest BCUT2D eigenvalue weighted by molar-refractivity contribution is -0.141. The zero-order chi connectivity index (χ0) is 28.0. The van der Waals surface area contributed by atoms with E-state index in [1.165, 1.54) is 32.3 Å². The molecule has 1 spiro atoms. The number of benzene rings is 1. The fraction of sp³-hybridized carbons (Fsp3) is 0.346. The minimum Gasteiger partial charge on any atom is -0.493 e. The second-order valence-electron chi connectivity index (χ2n) is 9.59. The van der Waals surface area contributed by atoms with Crippen molar-refractivity contribution >= 4 is 28.6 Å². The number of nitrogens with zero attached hydrogens (tertiary/aromatic N) is 1. The number of H-pyrrole nitrogens is 2. The van der Waals surface area contributed by atoms with Crippen LogP contribution in [0.4, 0.5) is 13.2 Å². The minimum absolute atomic E-state index is 0.0581. The first-order valence-electron chi connectivity index (χ1n) is 11.8. The van der Waals surface area contributed by atoms with Gasteiger partial charge >= 0.3 is 12.1 Å². The number of rotatable bonds is 5. The number of ether oxygens (including phenoxy) is 4. The third kappa shape index (κ3) is 3.18. The van der Waals surface area contributed by atoms with Gasteiger partial charge in [0.15, 0.2) is 11.5 Å². The number of hydrogen-bond acceptors (Lipinski definition) is 7. The molecule has 204 valence electrons. The van der Waals surface area contributed by atoms with Gasteiger partial charge in [0.25, 0.3) is 5.91 Å². The second-order valence-corrected chi connectivity index (χ2v) is 9.59.